The van der Waals surface area contributed by atoms with Crippen molar-refractivity contribution in [3.05, 3.63) is 248 Å². The van der Waals surface area contributed by atoms with Gasteiger partial charge in [0.05, 0.1) is 81.0 Å². The molecule has 0 unspecified atom stereocenters. The van der Waals surface area contributed by atoms with Crippen LogP contribution in [0.25, 0.3) is 71.8 Å². The van der Waals surface area contributed by atoms with Crippen molar-refractivity contribution in [2.75, 3.05) is 41.2 Å². The quantitative estimate of drug-likeness (QED) is 0.118. The van der Waals surface area contributed by atoms with E-state index in [9.17, 15) is 9.59 Å². The molecule has 0 amide bonds. The lowest BCUT2D eigenvalue weighted by Crippen LogP contribution is -2.13. The summed E-state index contributed by atoms with van der Waals surface area (Å²) in [5.41, 5.74) is 35.4. The van der Waals surface area contributed by atoms with Crippen molar-refractivity contribution in [1.82, 2.24) is 72.4 Å². The lowest BCUT2D eigenvalue weighted by molar-refractivity contribution is 0.0579. The highest BCUT2D eigenvalue weighted by Crippen LogP contribution is 2.50. The number of esters is 2. The zero-order valence-corrected chi connectivity index (χ0v) is 88.2. The highest BCUT2D eigenvalue weighted by atomic mass is 35.5. The Morgan fingerprint density at radius 1 is 0.355 bits per heavy atom. The number of carbonyl (C=O) groups is 2. The number of aryl methyl sites for hydroxylation is 15. The Hall–Kier alpha value is -9.95. The van der Waals surface area contributed by atoms with Crippen LogP contribution in [0.2, 0.25) is 15.1 Å². The fourth-order valence-electron chi connectivity index (χ4n) is 21.1. The molecule has 9 aromatic heterocycles. The minimum Gasteiger partial charge on any atom is -0.495 e. The second-order valence-electron chi connectivity index (χ2n) is 36.5. The maximum Gasteiger partial charge on any atom is 0.354 e. The molecule has 0 saturated carbocycles. The van der Waals surface area contributed by atoms with E-state index in [1.165, 1.54) is 98.6 Å². The summed E-state index contributed by atoms with van der Waals surface area (Å²) in [7, 11) is 16.6. The van der Waals surface area contributed by atoms with Crippen LogP contribution in [0.5, 0.6) is 17.2 Å². The van der Waals surface area contributed by atoms with Crippen LogP contribution in [0.15, 0.2) is 112 Å². The van der Waals surface area contributed by atoms with Gasteiger partial charge in [-0.05, 0) is 260 Å². The van der Waals surface area contributed by atoms with Crippen LogP contribution in [0.3, 0.4) is 0 Å². The second-order valence-corrected chi connectivity index (χ2v) is 43.7. The monoisotopic (exact) mass is 2020 g/mol. The third-order valence-corrected chi connectivity index (χ3v) is 35.2. The van der Waals surface area contributed by atoms with Crippen LogP contribution in [0.4, 0.5) is 0 Å². The smallest absolute Gasteiger partial charge is 0.354 e. The van der Waals surface area contributed by atoms with Gasteiger partial charge in [-0.25, -0.2) is 9.59 Å². The van der Waals surface area contributed by atoms with Gasteiger partial charge in [0.2, 0.25) is 0 Å². The van der Waals surface area contributed by atoms with E-state index >= 15 is 0 Å². The molecule has 3 aliphatic carbocycles. The Labute approximate surface area is 846 Å². The SMILES string of the molecule is C=C(OC)c1c(C)c2c3c(Cl)ccc2n1CCCOc1cc2c(c(c1)SCc1cc(nn1C)CSCc1nn(C)c(C)c1-3)CCC2.COC(=O)c1c(C)c2c3c(Cl)ccc2n1CCCOc1cc2c(c(c1)SCc1cc(nn1C)CSCc1nn(C)c(C)c1-3)CCC2.COC(=O)c1c(C)c2c3c(Cl)ccc2n1CCCOc1cc2c(c(c1)SCc1cc(nn1C)CSCc1nn(C)c(C)c1-3)CCC2. The summed E-state index contributed by atoms with van der Waals surface area (Å²) in [6.45, 7) is 20.3. The fraction of sp³-hybridized carbons (Fsp3) is 0.396. The van der Waals surface area contributed by atoms with Crippen molar-refractivity contribution in [3.8, 4) is 50.6 Å². The van der Waals surface area contributed by atoms with Gasteiger partial charge >= 0.3 is 11.9 Å². The van der Waals surface area contributed by atoms with Gasteiger partial charge in [0.15, 0.2) is 0 Å². The summed E-state index contributed by atoms with van der Waals surface area (Å²) >= 11 is 32.3. The number of rotatable bonds is 4. The number of hydrogen-bond acceptors (Lipinski definition) is 20. The first-order chi connectivity index (χ1) is 66.7. The van der Waals surface area contributed by atoms with Crippen molar-refractivity contribution >= 4 is 156 Å². The summed E-state index contributed by atoms with van der Waals surface area (Å²) in [5, 5.41) is 34.5. The Bertz CT molecular complexity index is 6650. The number of hydrogen-bond donors (Lipinski definition) is 0. The van der Waals surface area contributed by atoms with Crippen LogP contribution < -0.4 is 14.2 Å². The number of carbonyl (C=O) groups excluding carboxylic acids is 2. The van der Waals surface area contributed by atoms with Crippen molar-refractivity contribution in [3.63, 3.8) is 0 Å². The first kappa shape index (κ1) is 96.9. The highest BCUT2D eigenvalue weighted by Gasteiger charge is 2.34. The van der Waals surface area contributed by atoms with E-state index in [2.05, 4.69) is 116 Å². The van der Waals surface area contributed by atoms with E-state index in [0.717, 1.165) is 262 Å². The van der Waals surface area contributed by atoms with Gasteiger partial charge < -0.3 is 42.1 Å². The Balaban J connectivity index is 0.000000132. The average Bonchev–Trinajstić information content (AvgIpc) is 1.58. The van der Waals surface area contributed by atoms with Gasteiger partial charge in [-0.15, -0.1) is 70.6 Å². The van der Waals surface area contributed by atoms with Crippen LogP contribution in [-0.4, -0.2) is 125 Å². The van der Waals surface area contributed by atoms with Gasteiger partial charge in [0, 0.05) is 244 Å². The minimum atomic E-state index is -0.361. The third-order valence-electron chi connectivity index (χ3n) is 28.0. The minimum absolute atomic E-state index is 0.361. The van der Waals surface area contributed by atoms with E-state index < -0.39 is 0 Å². The van der Waals surface area contributed by atoms with Gasteiger partial charge in [-0.2, -0.15) is 30.6 Å². The molecule has 6 aromatic carbocycles. The summed E-state index contributed by atoms with van der Waals surface area (Å²) < 4.78 is 54.0. The normalized spacial score (nSPS) is 15.3. The van der Waals surface area contributed by atoms with Crippen LogP contribution in [-0.2, 0) is 166 Å². The fourth-order valence-corrected chi connectivity index (χ4v) is 27.9. The number of benzene rings is 6. The second kappa shape index (κ2) is 41.3. The maximum atomic E-state index is 13.3. The standard InChI is InChI=1S/C36H40ClN5O2S2.2C35H38ClN5O3S2/c1-21-33-31-12-11-29(37)35(33)34-22(2)40(4)39-30(34)20-45-18-25-16-26(41(5)38-25)19-46-32-17-27(15-24-9-7-10-28(24)32)44-14-8-13-42(31)36(21)23(3)43-6;2*1-20-31-29-11-10-27(36)33(31)32-21(2)39(3)38-28(32)19-45-17-23-15-24(40(4)37-23)18-46-30-16-25(14-22-8-6-9-26(22)30)44-13-7-12-41(29)34(20)35(42)43-5/h11-12,15-17H,3,7-10,13-14,18-20H2,1-2,4-6H3;2*10-11,14-16H,6-9,12-13,17-19H2,1-5H3. The molecule has 0 atom stereocenters. The molecule has 15 aromatic rings. The lowest BCUT2D eigenvalue weighted by Gasteiger charge is -2.15. The first-order valence-electron chi connectivity index (χ1n) is 47.2. The van der Waals surface area contributed by atoms with Gasteiger partial charge in [-0.1, -0.05) is 41.4 Å². The van der Waals surface area contributed by atoms with Crippen molar-refractivity contribution in [2.45, 2.75) is 205 Å². The van der Waals surface area contributed by atoms with Gasteiger partial charge in [-0.3, -0.25) is 28.1 Å². The maximum absolute atomic E-state index is 13.3. The lowest BCUT2D eigenvalue weighted by atomic mass is 9.97. The van der Waals surface area contributed by atoms with Crippen LogP contribution in [0.1, 0.15) is 184 Å². The number of aromatic nitrogens is 15. The molecule has 6 aliphatic rings. The van der Waals surface area contributed by atoms with E-state index in [4.69, 9.17) is 93.8 Å². The zero-order valence-electron chi connectivity index (χ0n) is 81.0. The largest absolute Gasteiger partial charge is 0.495 e. The Morgan fingerprint density at radius 3 is 0.964 bits per heavy atom. The molecule has 21 rings (SSSR count). The summed E-state index contributed by atoms with van der Waals surface area (Å²) in [4.78, 5) is 30.5. The topological polar surface area (TPSA) is 211 Å². The van der Waals surface area contributed by atoms with E-state index in [1.807, 2.05) is 155 Å². The number of fused-ring (bicyclic) bond motifs is 24. The predicted octanol–water partition coefficient (Wildman–Crippen LogP) is 24.3. The van der Waals surface area contributed by atoms with Crippen molar-refractivity contribution < 1.29 is 38.0 Å². The van der Waals surface area contributed by atoms with E-state index in [-0.39, 0.29) is 11.9 Å². The number of methoxy groups -OCH3 is 3. The molecular weight excluding hydrogens is 1910 g/mol. The molecule has 32 heteroatoms. The molecule has 0 spiro atoms. The molecule has 23 nitrogen and oxygen atoms in total. The number of ether oxygens (including phenoxy) is 6. The molecule has 0 radical (unpaired) electrons. The van der Waals surface area contributed by atoms with Crippen LogP contribution in [0, 0.1) is 41.5 Å². The molecule has 0 fully saturated rings. The molecule has 720 valence electrons. The van der Waals surface area contributed by atoms with Crippen molar-refractivity contribution in [2.24, 2.45) is 42.3 Å². The first-order valence-corrected chi connectivity index (χ1v) is 54.7. The molecule has 24 bridgehead atoms. The Morgan fingerprint density at radius 2 is 0.659 bits per heavy atom. The van der Waals surface area contributed by atoms with Gasteiger partial charge in [0.1, 0.15) is 34.4 Å². The summed E-state index contributed by atoms with van der Waals surface area (Å²) in [6, 6.07) is 32.1. The zero-order chi connectivity index (χ0) is 96.3. The molecule has 138 heavy (non-hydrogen) atoms. The molecular formula is C106H116Cl3N15O8S6. The van der Waals surface area contributed by atoms with Crippen LogP contribution >= 0.6 is 105 Å². The predicted molar refractivity (Wildman–Crippen MR) is 564 cm³/mol. The summed E-state index contributed by atoms with van der Waals surface area (Å²) in [6.07, 6.45) is 12.5. The number of thioether (sulfide) groups is 6. The van der Waals surface area contributed by atoms with Gasteiger partial charge in [0.25, 0.3) is 0 Å². The molecule has 0 saturated heterocycles. The third kappa shape index (κ3) is 18.9. The number of halogens is 3. The van der Waals surface area contributed by atoms with E-state index in [0.29, 0.717) is 76.6 Å². The van der Waals surface area contributed by atoms with E-state index in [1.54, 1.807) is 30.6 Å². The number of nitrogens with zero attached hydrogens (tertiary/aromatic N) is 15. The average molecular weight is 2030 g/mol. The Kier molecular flexibility index (Phi) is 29.0. The molecule has 12 heterocycles. The summed E-state index contributed by atoms with van der Waals surface area (Å²) in [5.74, 6) is 9.75. The molecule has 0 N–H and O–H groups in total. The highest BCUT2D eigenvalue weighted by molar-refractivity contribution is 7.99. The molecule has 3 aliphatic heterocycles. The van der Waals surface area contributed by atoms with Crippen molar-refractivity contribution in [1.29, 1.82) is 0 Å².